The molecule has 0 heterocycles. The molecule has 0 saturated heterocycles. The Bertz CT molecular complexity index is 372. The van der Waals surface area contributed by atoms with Gasteiger partial charge in [0.2, 0.25) is 5.91 Å². The lowest BCUT2D eigenvalue weighted by Gasteiger charge is -2.05. The lowest BCUT2D eigenvalue weighted by molar-refractivity contribution is -0.120. The monoisotopic (exact) mass is 234 g/mol. The van der Waals surface area contributed by atoms with Crippen LogP contribution in [0.1, 0.15) is 24.0 Å². The molecule has 92 valence electrons. The van der Waals surface area contributed by atoms with E-state index in [1.54, 1.807) is 0 Å². The van der Waals surface area contributed by atoms with Gasteiger partial charge in [0.15, 0.2) is 0 Å². The molecule has 1 aliphatic rings. The lowest BCUT2D eigenvalue weighted by atomic mass is 10.1. The third-order valence-corrected chi connectivity index (χ3v) is 2.87. The SMILES string of the molecule is NNC(=O)Cc1ccc(COCC2CC2)cc1. The van der Waals surface area contributed by atoms with Crippen molar-refractivity contribution in [2.45, 2.75) is 25.9 Å². The van der Waals surface area contributed by atoms with Crippen LogP contribution in [0.25, 0.3) is 0 Å². The molecule has 0 aliphatic heterocycles. The molecule has 4 heteroatoms. The maximum atomic E-state index is 11.1. The topological polar surface area (TPSA) is 64.3 Å². The first kappa shape index (κ1) is 12.1. The van der Waals surface area contributed by atoms with E-state index in [0.29, 0.717) is 13.0 Å². The van der Waals surface area contributed by atoms with Crippen molar-refractivity contribution in [3.05, 3.63) is 35.4 Å². The molecule has 1 aromatic rings. The van der Waals surface area contributed by atoms with Crippen LogP contribution in [0.3, 0.4) is 0 Å². The van der Waals surface area contributed by atoms with Gasteiger partial charge in [-0.25, -0.2) is 5.84 Å². The standard InChI is InChI=1S/C13H18N2O2/c14-15-13(16)7-10-1-3-11(4-2-10)8-17-9-12-5-6-12/h1-4,12H,5-9,14H2,(H,15,16). The number of rotatable bonds is 6. The number of nitrogens with one attached hydrogen (secondary N) is 1. The van der Waals surface area contributed by atoms with E-state index in [2.05, 4.69) is 5.43 Å². The largest absolute Gasteiger partial charge is 0.376 e. The number of nitrogens with two attached hydrogens (primary N) is 1. The Labute approximate surface area is 101 Å². The van der Waals surface area contributed by atoms with Crippen LogP contribution in [-0.4, -0.2) is 12.5 Å². The highest BCUT2D eigenvalue weighted by atomic mass is 16.5. The molecule has 1 amide bonds. The molecule has 2 rings (SSSR count). The highest BCUT2D eigenvalue weighted by Gasteiger charge is 2.20. The van der Waals surface area contributed by atoms with Crippen LogP contribution < -0.4 is 11.3 Å². The number of hydrazine groups is 1. The van der Waals surface area contributed by atoms with Gasteiger partial charge < -0.3 is 4.74 Å². The van der Waals surface area contributed by atoms with Crippen molar-refractivity contribution < 1.29 is 9.53 Å². The van der Waals surface area contributed by atoms with Crippen LogP contribution in [0.4, 0.5) is 0 Å². The maximum absolute atomic E-state index is 11.1. The predicted octanol–water partition coefficient (Wildman–Crippen LogP) is 1.15. The molecule has 0 atom stereocenters. The molecular weight excluding hydrogens is 216 g/mol. The Hall–Kier alpha value is -1.39. The maximum Gasteiger partial charge on any atom is 0.238 e. The van der Waals surface area contributed by atoms with E-state index in [-0.39, 0.29) is 5.91 Å². The first-order valence-electron chi connectivity index (χ1n) is 5.93. The third kappa shape index (κ3) is 4.17. The van der Waals surface area contributed by atoms with Crippen molar-refractivity contribution in [1.82, 2.24) is 5.43 Å². The summed E-state index contributed by atoms with van der Waals surface area (Å²) in [5, 5.41) is 0. The van der Waals surface area contributed by atoms with Crippen molar-refractivity contribution in [1.29, 1.82) is 0 Å². The van der Waals surface area contributed by atoms with Crippen molar-refractivity contribution in [3.8, 4) is 0 Å². The number of carbonyl (C=O) groups excluding carboxylic acids is 1. The van der Waals surface area contributed by atoms with Crippen LogP contribution in [0, 0.1) is 5.92 Å². The van der Waals surface area contributed by atoms with Gasteiger partial charge in [0.1, 0.15) is 0 Å². The molecule has 3 N–H and O–H groups in total. The van der Waals surface area contributed by atoms with Gasteiger partial charge in [-0.05, 0) is 29.9 Å². The molecule has 1 aliphatic carbocycles. The normalized spacial score (nSPS) is 14.6. The zero-order chi connectivity index (χ0) is 12.1. The quantitative estimate of drug-likeness (QED) is 0.441. The fourth-order valence-corrected chi connectivity index (χ4v) is 1.62. The molecule has 17 heavy (non-hydrogen) atoms. The Morgan fingerprint density at radius 1 is 1.29 bits per heavy atom. The molecule has 0 unspecified atom stereocenters. The molecule has 0 spiro atoms. The van der Waals surface area contributed by atoms with E-state index in [4.69, 9.17) is 10.6 Å². The van der Waals surface area contributed by atoms with E-state index in [1.165, 1.54) is 12.8 Å². The Morgan fingerprint density at radius 3 is 2.53 bits per heavy atom. The zero-order valence-corrected chi connectivity index (χ0v) is 9.82. The van der Waals surface area contributed by atoms with E-state index in [9.17, 15) is 4.79 Å². The minimum atomic E-state index is -0.178. The summed E-state index contributed by atoms with van der Waals surface area (Å²) in [5.74, 6) is 5.65. The summed E-state index contributed by atoms with van der Waals surface area (Å²) in [5.41, 5.74) is 4.22. The van der Waals surface area contributed by atoms with Crippen LogP contribution in [0.15, 0.2) is 24.3 Å². The van der Waals surface area contributed by atoms with Crippen LogP contribution >= 0.6 is 0 Å². The molecule has 1 fully saturated rings. The number of benzene rings is 1. The molecule has 0 aromatic heterocycles. The second-order valence-corrected chi connectivity index (χ2v) is 4.52. The highest BCUT2D eigenvalue weighted by molar-refractivity contribution is 5.77. The predicted molar refractivity (Wildman–Crippen MR) is 64.9 cm³/mol. The average molecular weight is 234 g/mol. The van der Waals surface area contributed by atoms with Gasteiger partial charge >= 0.3 is 0 Å². The van der Waals surface area contributed by atoms with Gasteiger partial charge in [-0.15, -0.1) is 0 Å². The van der Waals surface area contributed by atoms with E-state index >= 15 is 0 Å². The second kappa shape index (κ2) is 5.80. The molecule has 1 aromatic carbocycles. The Kier molecular flexibility index (Phi) is 4.12. The number of hydrogen-bond donors (Lipinski definition) is 2. The molecule has 1 saturated carbocycles. The van der Waals surface area contributed by atoms with Gasteiger partial charge in [-0.3, -0.25) is 10.2 Å². The van der Waals surface area contributed by atoms with E-state index in [1.807, 2.05) is 24.3 Å². The summed E-state index contributed by atoms with van der Waals surface area (Å²) in [7, 11) is 0. The first-order valence-corrected chi connectivity index (χ1v) is 5.93. The van der Waals surface area contributed by atoms with Crippen LogP contribution in [-0.2, 0) is 22.6 Å². The van der Waals surface area contributed by atoms with Crippen LogP contribution in [0.2, 0.25) is 0 Å². The summed E-state index contributed by atoms with van der Waals surface area (Å²) in [4.78, 5) is 11.1. The molecule has 0 radical (unpaired) electrons. The summed E-state index contributed by atoms with van der Waals surface area (Å²) < 4.78 is 5.59. The van der Waals surface area contributed by atoms with Crippen molar-refractivity contribution >= 4 is 5.91 Å². The van der Waals surface area contributed by atoms with Crippen molar-refractivity contribution in [3.63, 3.8) is 0 Å². The lowest BCUT2D eigenvalue weighted by Crippen LogP contribution is -2.31. The summed E-state index contributed by atoms with van der Waals surface area (Å²) >= 11 is 0. The van der Waals surface area contributed by atoms with E-state index in [0.717, 1.165) is 23.7 Å². The fourth-order valence-electron chi connectivity index (χ4n) is 1.62. The van der Waals surface area contributed by atoms with Gasteiger partial charge in [0.25, 0.3) is 0 Å². The summed E-state index contributed by atoms with van der Waals surface area (Å²) in [6.45, 7) is 1.52. The second-order valence-electron chi connectivity index (χ2n) is 4.52. The Balaban J connectivity index is 1.77. The first-order chi connectivity index (χ1) is 8.28. The van der Waals surface area contributed by atoms with Gasteiger partial charge in [-0.1, -0.05) is 24.3 Å². The minimum Gasteiger partial charge on any atom is -0.376 e. The van der Waals surface area contributed by atoms with Crippen LogP contribution in [0.5, 0.6) is 0 Å². The number of carbonyl (C=O) groups is 1. The average Bonchev–Trinajstić information content (AvgIpc) is 3.15. The Morgan fingerprint density at radius 2 is 1.94 bits per heavy atom. The molecule has 4 nitrogen and oxygen atoms in total. The highest BCUT2D eigenvalue weighted by Crippen LogP contribution is 2.29. The van der Waals surface area contributed by atoms with Gasteiger partial charge in [0, 0.05) is 6.61 Å². The minimum absolute atomic E-state index is 0.178. The van der Waals surface area contributed by atoms with E-state index < -0.39 is 0 Å². The molecule has 0 bridgehead atoms. The summed E-state index contributed by atoms with van der Waals surface area (Å²) in [6, 6.07) is 7.86. The fraction of sp³-hybridized carbons (Fsp3) is 0.462. The number of amides is 1. The number of ether oxygens (including phenoxy) is 1. The van der Waals surface area contributed by atoms with Gasteiger partial charge in [-0.2, -0.15) is 0 Å². The number of hydrogen-bond acceptors (Lipinski definition) is 3. The molecular formula is C13H18N2O2. The van der Waals surface area contributed by atoms with Crippen molar-refractivity contribution in [2.75, 3.05) is 6.61 Å². The third-order valence-electron chi connectivity index (χ3n) is 2.87. The zero-order valence-electron chi connectivity index (χ0n) is 9.82. The summed E-state index contributed by atoms with van der Waals surface area (Å²) in [6.07, 6.45) is 2.94. The van der Waals surface area contributed by atoms with Crippen molar-refractivity contribution in [2.24, 2.45) is 11.8 Å². The van der Waals surface area contributed by atoms with Gasteiger partial charge in [0.05, 0.1) is 13.0 Å². The smallest absolute Gasteiger partial charge is 0.238 e.